The molecule has 5 nitrogen and oxygen atoms in total. The number of nitrogens with one attached hydrogen (secondary N) is 1. The van der Waals surface area contributed by atoms with Crippen LogP contribution in [0.4, 0.5) is 10.1 Å². The Hall–Kier alpha value is -2.63. The lowest BCUT2D eigenvalue weighted by molar-refractivity contribution is -0.119. The van der Waals surface area contributed by atoms with Crippen molar-refractivity contribution in [1.29, 1.82) is 0 Å². The fraction of sp³-hybridized carbons (Fsp3) is 0.200. The molecule has 0 aliphatic heterocycles. The monoisotopic (exact) mass is 289 g/mol. The Balaban J connectivity index is 1.96. The first kappa shape index (κ1) is 14.8. The summed E-state index contributed by atoms with van der Waals surface area (Å²) in [4.78, 5) is 14.6. The molecule has 0 spiro atoms. The Morgan fingerprint density at radius 3 is 2.62 bits per heavy atom. The first-order valence-corrected chi connectivity index (χ1v) is 6.44. The molecule has 1 heterocycles. The molecule has 3 N–H and O–H groups in total. The van der Waals surface area contributed by atoms with E-state index in [1.165, 1.54) is 12.3 Å². The normalized spacial score (nSPS) is 11.7. The highest BCUT2D eigenvalue weighted by Crippen LogP contribution is 2.20. The number of primary amides is 1. The summed E-state index contributed by atoms with van der Waals surface area (Å²) >= 11 is 0. The number of aromatic nitrogens is 1. The number of amides is 1. The number of halogens is 1. The number of hydrogen-bond donors (Lipinski definition) is 2. The molecule has 21 heavy (non-hydrogen) atoms. The van der Waals surface area contributed by atoms with Crippen LogP contribution in [0.3, 0.4) is 0 Å². The second-order valence-corrected chi connectivity index (χ2v) is 4.55. The van der Waals surface area contributed by atoms with Crippen molar-refractivity contribution >= 4 is 11.6 Å². The SMILES string of the molecule is CC(Nc1ccc(OCC(N)=O)cc1)c1ccc(F)cn1. The standard InChI is InChI=1S/C15H16FN3O2/c1-10(14-7-2-11(16)8-18-14)19-12-3-5-13(6-4-12)21-9-15(17)20/h2-8,10,19H,9H2,1H3,(H2,17,20). The summed E-state index contributed by atoms with van der Waals surface area (Å²) in [5.74, 6) is -0.318. The predicted molar refractivity (Wildman–Crippen MR) is 77.4 cm³/mol. The number of rotatable bonds is 6. The van der Waals surface area contributed by atoms with Crippen LogP contribution in [-0.2, 0) is 4.79 Å². The molecule has 1 atom stereocenters. The van der Waals surface area contributed by atoms with E-state index in [4.69, 9.17) is 10.5 Å². The lowest BCUT2D eigenvalue weighted by Crippen LogP contribution is -2.19. The summed E-state index contributed by atoms with van der Waals surface area (Å²) in [6.45, 7) is 1.78. The Kier molecular flexibility index (Phi) is 4.71. The fourth-order valence-corrected chi connectivity index (χ4v) is 1.77. The van der Waals surface area contributed by atoms with Gasteiger partial charge in [0.05, 0.1) is 17.9 Å². The lowest BCUT2D eigenvalue weighted by atomic mass is 10.2. The molecule has 0 saturated carbocycles. The molecule has 0 aliphatic carbocycles. The minimum atomic E-state index is -0.520. The molecule has 2 aromatic rings. The van der Waals surface area contributed by atoms with Crippen molar-refractivity contribution in [3.8, 4) is 5.75 Å². The number of benzene rings is 1. The van der Waals surface area contributed by atoms with E-state index in [-0.39, 0.29) is 18.5 Å². The zero-order valence-electron chi connectivity index (χ0n) is 11.5. The quantitative estimate of drug-likeness (QED) is 0.855. The van der Waals surface area contributed by atoms with Gasteiger partial charge in [0.25, 0.3) is 5.91 Å². The van der Waals surface area contributed by atoms with Crippen LogP contribution in [0.25, 0.3) is 0 Å². The van der Waals surface area contributed by atoms with Gasteiger partial charge in [-0.05, 0) is 43.3 Å². The van der Waals surface area contributed by atoms with E-state index in [9.17, 15) is 9.18 Å². The van der Waals surface area contributed by atoms with Crippen molar-refractivity contribution in [1.82, 2.24) is 4.98 Å². The van der Waals surface area contributed by atoms with E-state index >= 15 is 0 Å². The van der Waals surface area contributed by atoms with Crippen molar-refractivity contribution in [2.75, 3.05) is 11.9 Å². The Morgan fingerprint density at radius 2 is 2.05 bits per heavy atom. The number of nitrogens with zero attached hydrogens (tertiary/aromatic N) is 1. The molecule has 110 valence electrons. The number of anilines is 1. The number of hydrogen-bond acceptors (Lipinski definition) is 4. The number of carbonyl (C=O) groups excluding carboxylic acids is 1. The third-order valence-electron chi connectivity index (χ3n) is 2.81. The van der Waals surface area contributed by atoms with Crippen LogP contribution in [0.2, 0.25) is 0 Å². The molecule has 1 amide bonds. The third kappa shape index (κ3) is 4.45. The third-order valence-corrected chi connectivity index (χ3v) is 2.81. The smallest absolute Gasteiger partial charge is 0.255 e. The van der Waals surface area contributed by atoms with Crippen LogP contribution >= 0.6 is 0 Å². The van der Waals surface area contributed by atoms with Crippen molar-refractivity contribution in [2.45, 2.75) is 13.0 Å². The largest absolute Gasteiger partial charge is 0.484 e. The molecule has 1 unspecified atom stereocenters. The Bertz CT molecular complexity index is 599. The second kappa shape index (κ2) is 6.69. The van der Waals surface area contributed by atoms with Crippen LogP contribution < -0.4 is 15.8 Å². The molecule has 0 bridgehead atoms. The molecule has 1 aromatic heterocycles. The van der Waals surface area contributed by atoms with E-state index in [0.717, 1.165) is 11.4 Å². The average Bonchev–Trinajstić information content (AvgIpc) is 2.47. The Labute approximate surface area is 121 Å². The van der Waals surface area contributed by atoms with Crippen molar-refractivity contribution in [3.05, 3.63) is 54.1 Å². The molecule has 2 rings (SSSR count). The van der Waals surface area contributed by atoms with Gasteiger partial charge in [-0.1, -0.05) is 0 Å². The zero-order valence-corrected chi connectivity index (χ0v) is 11.5. The summed E-state index contributed by atoms with van der Waals surface area (Å²) in [7, 11) is 0. The van der Waals surface area contributed by atoms with Crippen LogP contribution in [-0.4, -0.2) is 17.5 Å². The number of ether oxygens (including phenoxy) is 1. The first-order valence-electron chi connectivity index (χ1n) is 6.44. The summed E-state index contributed by atoms with van der Waals surface area (Å²) < 4.78 is 18.0. The van der Waals surface area contributed by atoms with Gasteiger partial charge in [-0.25, -0.2) is 4.39 Å². The maximum absolute atomic E-state index is 12.8. The molecule has 1 aromatic carbocycles. The fourth-order valence-electron chi connectivity index (χ4n) is 1.77. The average molecular weight is 289 g/mol. The van der Waals surface area contributed by atoms with Gasteiger partial charge in [0, 0.05) is 5.69 Å². The topological polar surface area (TPSA) is 77.2 Å². The summed E-state index contributed by atoms with van der Waals surface area (Å²) in [6.07, 6.45) is 1.19. The molecule has 0 aliphatic rings. The van der Waals surface area contributed by atoms with Gasteiger partial charge in [0.1, 0.15) is 11.6 Å². The van der Waals surface area contributed by atoms with E-state index in [1.54, 1.807) is 18.2 Å². The summed E-state index contributed by atoms with van der Waals surface area (Å²) in [5, 5.41) is 3.24. The number of carbonyl (C=O) groups is 1. The van der Waals surface area contributed by atoms with Crippen molar-refractivity contribution in [2.24, 2.45) is 5.73 Å². The minimum Gasteiger partial charge on any atom is -0.484 e. The highest BCUT2D eigenvalue weighted by atomic mass is 19.1. The first-order chi connectivity index (χ1) is 10.0. The summed E-state index contributed by atoms with van der Waals surface area (Å²) in [5.41, 5.74) is 6.60. The molecular formula is C15H16FN3O2. The molecule has 0 saturated heterocycles. The van der Waals surface area contributed by atoms with Gasteiger partial charge in [0.15, 0.2) is 6.61 Å². The van der Waals surface area contributed by atoms with Gasteiger partial charge >= 0.3 is 0 Å². The molecular weight excluding hydrogens is 273 g/mol. The van der Waals surface area contributed by atoms with Crippen LogP contribution in [0.1, 0.15) is 18.7 Å². The van der Waals surface area contributed by atoms with E-state index in [2.05, 4.69) is 10.3 Å². The highest BCUT2D eigenvalue weighted by Gasteiger charge is 2.07. The van der Waals surface area contributed by atoms with E-state index in [1.807, 2.05) is 19.1 Å². The Morgan fingerprint density at radius 1 is 1.33 bits per heavy atom. The number of pyridine rings is 1. The van der Waals surface area contributed by atoms with Gasteiger partial charge in [0.2, 0.25) is 0 Å². The van der Waals surface area contributed by atoms with E-state index < -0.39 is 5.91 Å². The predicted octanol–water partition coefficient (Wildman–Crippen LogP) is 2.26. The van der Waals surface area contributed by atoms with Gasteiger partial charge in [-0.3, -0.25) is 9.78 Å². The maximum Gasteiger partial charge on any atom is 0.255 e. The van der Waals surface area contributed by atoms with Crippen LogP contribution in [0.5, 0.6) is 5.75 Å². The van der Waals surface area contributed by atoms with Gasteiger partial charge in [-0.15, -0.1) is 0 Å². The zero-order chi connectivity index (χ0) is 15.2. The van der Waals surface area contributed by atoms with Gasteiger partial charge in [-0.2, -0.15) is 0 Å². The lowest BCUT2D eigenvalue weighted by Gasteiger charge is -2.15. The second-order valence-electron chi connectivity index (χ2n) is 4.55. The maximum atomic E-state index is 12.8. The highest BCUT2D eigenvalue weighted by molar-refractivity contribution is 5.75. The van der Waals surface area contributed by atoms with Crippen LogP contribution in [0, 0.1) is 5.82 Å². The summed E-state index contributed by atoms with van der Waals surface area (Å²) in [6, 6.07) is 10.0. The van der Waals surface area contributed by atoms with E-state index in [0.29, 0.717) is 5.75 Å². The van der Waals surface area contributed by atoms with Crippen LogP contribution in [0.15, 0.2) is 42.6 Å². The molecule has 6 heteroatoms. The van der Waals surface area contributed by atoms with Crippen molar-refractivity contribution < 1.29 is 13.9 Å². The molecule has 0 fully saturated rings. The van der Waals surface area contributed by atoms with Gasteiger partial charge < -0.3 is 15.8 Å². The minimum absolute atomic E-state index is 0.0667. The van der Waals surface area contributed by atoms with Crippen molar-refractivity contribution in [3.63, 3.8) is 0 Å². The number of nitrogens with two attached hydrogens (primary N) is 1. The molecule has 0 radical (unpaired) electrons.